The summed E-state index contributed by atoms with van der Waals surface area (Å²) in [6.45, 7) is 1.28. The number of nitrogens with zero attached hydrogens (tertiary/aromatic N) is 3. The van der Waals surface area contributed by atoms with E-state index >= 15 is 0 Å². The predicted octanol–water partition coefficient (Wildman–Crippen LogP) is 3.50. The van der Waals surface area contributed by atoms with Crippen LogP contribution in [0.4, 0.5) is 17.6 Å². The molecule has 8 heteroatoms. The summed E-state index contributed by atoms with van der Waals surface area (Å²) in [5.41, 5.74) is -1.46. The highest BCUT2D eigenvalue weighted by molar-refractivity contribution is 5.64. The molecule has 2 aliphatic rings. The molecule has 25 heavy (non-hydrogen) atoms. The highest BCUT2D eigenvalue weighted by Crippen LogP contribution is 2.54. The molecule has 1 amide bonds. The van der Waals surface area contributed by atoms with Crippen molar-refractivity contribution >= 4 is 6.41 Å². The van der Waals surface area contributed by atoms with Crippen LogP contribution in [0.15, 0.2) is 30.5 Å². The third-order valence-electron chi connectivity index (χ3n) is 5.10. The van der Waals surface area contributed by atoms with Crippen LogP contribution in [-0.4, -0.2) is 34.2 Å². The Morgan fingerprint density at radius 1 is 1.20 bits per heavy atom. The number of rotatable bonds is 3. The summed E-state index contributed by atoms with van der Waals surface area (Å²) in [6.07, 6.45) is -1.51. The summed E-state index contributed by atoms with van der Waals surface area (Å²) in [5.74, 6) is -0.732. The van der Waals surface area contributed by atoms with Crippen LogP contribution >= 0.6 is 0 Å². The second-order valence-corrected chi connectivity index (χ2v) is 6.92. The largest absolute Gasteiger partial charge is 0.420 e. The molecule has 132 valence electrons. The highest BCUT2D eigenvalue weighted by atomic mass is 19.4. The van der Waals surface area contributed by atoms with Crippen LogP contribution in [-0.2, 0) is 11.0 Å². The summed E-state index contributed by atoms with van der Waals surface area (Å²) in [7, 11) is 0. The number of carbonyl (C=O) groups excluding carboxylic acids is 1. The van der Waals surface area contributed by atoms with Gasteiger partial charge in [0.2, 0.25) is 6.41 Å². The van der Waals surface area contributed by atoms with Gasteiger partial charge in [-0.25, -0.2) is 4.39 Å². The van der Waals surface area contributed by atoms with Crippen molar-refractivity contribution in [3.8, 4) is 11.3 Å². The lowest BCUT2D eigenvalue weighted by molar-refractivity contribution is -0.141. The van der Waals surface area contributed by atoms with Gasteiger partial charge < -0.3 is 4.90 Å². The third-order valence-corrected chi connectivity index (χ3v) is 5.10. The van der Waals surface area contributed by atoms with E-state index in [4.69, 9.17) is 0 Å². The summed E-state index contributed by atoms with van der Waals surface area (Å²) in [5, 5.41) is 4.07. The van der Waals surface area contributed by atoms with Gasteiger partial charge in [-0.2, -0.15) is 18.3 Å². The van der Waals surface area contributed by atoms with Crippen molar-refractivity contribution in [2.45, 2.75) is 25.1 Å². The maximum Gasteiger partial charge on any atom is 0.420 e. The normalized spacial score (nSPS) is 19.6. The average Bonchev–Trinajstić information content (AvgIpc) is 2.90. The number of likely N-dealkylation sites (tertiary alicyclic amines) is 1. The molecule has 2 fully saturated rings. The number of hydrogen-bond donors (Lipinski definition) is 0. The Morgan fingerprint density at radius 3 is 2.48 bits per heavy atom. The van der Waals surface area contributed by atoms with E-state index in [1.54, 1.807) is 4.90 Å². The Kier molecular flexibility index (Phi) is 3.42. The molecule has 0 radical (unpaired) electrons. The number of alkyl halides is 3. The van der Waals surface area contributed by atoms with Gasteiger partial charge in [-0.1, -0.05) is 12.1 Å². The number of amides is 1. The van der Waals surface area contributed by atoms with Crippen LogP contribution in [0.25, 0.3) is 11.3 Å². The monoisotopic (exact) mass is 353 g/mol. The SMILES string of the molecule is O=CN1CC2(CC(n3cc(C(F)(F)F)c(-c4ccccc4F)n3)C2)C1. The van der Waals surface area contributed by atoms with Crippen LogP contribution in [0.2, 0.25) is 0 Å². The van der Waals surface area contributed by atoms with Crippen molar-refractivity contribution in [3.63, 3.8) is 0 Å². The fourth-order valence-corrected chi connectivity index (χ4v) is 3.91. The van der Waals surface area contributed by atoms with Crippen molar-refractivity contribution in [1.82, 2.24) is 14.7 Å². The maximum absolute atomic E-state index is 14.0. The van der Waals surface area contributed by atoms with Gasteiger partial charge in [-0.05, 0) is 25.0 Å². The number of benzene rings is 1. The minimum absolute atomic E-state index is 0.00802. The van der Waals surface area contributed by atoms with Crippen molar-refractivity contribution < 1.29 is 22.4 Å². The minimum Gasteiger partial charge on any atom is -0.344 e. The fraction of sp³-hybridized carbons (Fsp3) is 0.412. The van der Waals surface area contributed by atoms with E-state index in [1.165, 1.54) is 22.9 Å². The maximum atomic E-state index is 14.0. The fourth-order valence-electron chi connectivity index (χ4n) is 3.91. The van der Waals surface area contributed by atoms with Gasteiger partial charge in [0.15, 0.2) is 0 Å². The minimum atomic E-state index is -4.61. The van der Waals surface area contributed by atoms with E-state index in [0.29, 0.717) is 25.9 Å². The van der Waals surface area contributed by atoms with E-state index in [9.17, 15) is 22.4 Å². The first-order chi connectivity index (χ1) is 11.8. The summed E-state index contributed by atoms with van der Waals surface area (Å²) in [4.78, 5) is 12.3. The van der Waals surface area contributed by atoms with Crippen molar-refractivity contribution in [2.24, 2.45) is 5.41 Å². The van der Waals surface area contributed by atoms with Crippen LogP contribution in [0.1, 0.15) is 24.4 Å². The summed E-state index contributed by atoms with van der Waals surface area (Å²) < 4.78 is 55.4. The molecule has 1 spiro atoms. The smallest absolute Gasteiger partial charge is 0.344 e. The van der Waals surface area contributed by atoms with Crippen molar-refractivity contribution in [2.75, 3.05) is 13.1 Å². The van der Waals surface area contributed by atoms with Crippen LogP contribution < -0.4 is 0 Å². The molecule has 0 bridgehead atoms. The molecular weight excluding hydrogens is 338 g/mol. The number of carbonyl (C=O) groups is 1. The molecule has 1 aromatic carbocycles. The van der Waals surface area contributed by atoms with Gasteiger partial charge in [0.1, 0.15) is 17.1 Å². The molecule has 1 saturated heterocycles. The van der Waals surface area contributed by atoms with Crippen molar-refractivity contribution in [3.05, 3.63) is 41.8 Å². The molecule has 1 aromatic heterocycles. The second kappa shape index (κ2) is 5.31. The summed E-state index contributed by atoms with van der Waals surface area (Å²) >= 11 is 0. The molecule has 0 N–H and O–H groups in total. The predicted molar refractivity (Wildman–Crippen MR) is 81.0 cm³/mol. The summed E-state index contributed by atoms with van der Waals surface area (Å²) in [6, 6.07) is 5.17. The van der Waals surface area contributed by atoms with Gasteiger partial charge in [0.25, 0.3) is 0 Å². The molecule has 4 rings (SSSR count). The molecule has 0 unspecified atom stereocenters. The third kappa shape index (κ3) is 2.60. The zero-order chi connectivity index (χ0) is 17.8. The lowest BCUT2D eigenvalue weighted by Gasteiger charge is -2.57. The van der Waals surface area contributed by atoms with Crippen molar-refractivity contribution in [1.29, 1.82) is 0 Å². The Morgan fingerprint density at radius 2 is 1.88 bits per heavy atom. The molecule has 4 nitrogen and oxygen atoms in total. The Labute approximate surface area is 141 Å². The Balaban J connectivity index is 1.63. The lowest BCUT2D eigenvalue weighted by Crippen LogP contribution is -2.61. The van der Waals surface area contributed by atoms with Gasteiger partial charge in [-0.15, -0.1) is 0 Å². The number of aromatic nitrogens is 2. The second-order valence-electron chi connectivity index (χ2n) is 6.92. The quantitative estimate of drug-likeness (QED) is 0.626. The zero-order valence-corrected chi connectivity index (χ0v) is 13.1. The van der Waals surface area contributed by atoms with E-state index in [0.717, 1.165) is 18.7 Å². The Hall–Kier alpha value is -2.38. The molecule has 2 aromatic rings. The highest BCUT2D eigenvalue weighted by Gasteiger charge is 2.53. The molecule has 1 aliphatic carbocycles. The zero-order valence-electron chi connectivity index (χ0n) is 13.1. The van der Waals surface area contributed by atoms with E-state index < -0.39 is 17.6 Å². The first kappa shape index (κ1) is 16.1. The molecule has 1 aliphatic heterocycles. The Bertz CT molecular complexity index is 816. The molecule has 2 heterocycles. The topological polar surface area (TPSA) is 38.1 Å². The van der Waals surface area contributed by atoms with Crippen LogP contribution in [0, 0.1) is 11.2 Å². The molecule has 1 saturated carbocycles. The molecular formula is C17H15F4N3O. The number of halogens is 4. The molecule has 0 atom stereocenters. The first-order valence-electron chi connectivity index (χ1n) is 7.92. The first-order valence-corrected chi connectivity index (χ1v) is 7.92. The van der Waals surface area contributed by atoms with E-state index in [1.807, 2.05) is 0 Å². The standard InChI is InChI=1S/C17H15F4N3O/c18-14-4-2-1-3-12(14)15-13(17(19,20)21)7-24(22-15)11-5-16(6-11)8-23(9-16)10-25/h1-4,7,10-11H,5-6,8-9H2. The van der Waals surface area contributed by atoms with Gasteiger partial charge in [-0.3, -0.25) is 9.48 Å². The number of hydrogen-bond acceptors (Lipinski definition) is 2. The lowest BCUT2D eigenvalue weighted by atomic mass is 9.61. The van der Waals surface area contributed by atoms with E-state index in [-0.39, 0.29) is 22.7 Å². The van der Waals surface area contributed by atoms with Gasteiger partial charge in [0.05, 0.1) is 6.04 Å². The van der Waals surface area contributed by atoms with Crippen LogP contribution in [0.5, 0.6) is 0 Å². The van der Waals surface area contributed by atoms with Gasteiger partial charge >= 0.3 is 6.18 Å². The average molecular weight is 353 g/mol. The van der Waals surface area contributed by atoms with E-state index in [2.05, 4.69) is 5.10 Å². The van der Waals surface area contributed by atoms with Crippen LogP contribution in [0.3, 0.4) is 0 Å². The van der Waals surface area contributed by atoms with Gasteiger partial charge in [0, 0.05) is 30.3 Å².